The summed E-state index contributed by atoms with van der Waals surface area (Å²) in [7, 11) is 0. The van der Waals surface area contributed by atoms with E-state index in [9.17, 15) is 14.7 Å². The molecule has 0 saturated heterocycles. The molecule has 0 amide bonds. The lowest BCUT2D eigenvalue weighted by atomic mass is 9.49. The third-order valence-corrected chi connectivity index (χ3v) is 9.03. The lowest BCUT2D eigenvalue weighted by Crippen LogP contribution is -2.47. The van der Waals surface area contributed by atoms with Crippen molar-refractivity contribution in [2.24, 2.45) is 23.2 Å². The molecule has 202 valence electrons. The second-order valence-corrected chi connectivity index (χ2v) is 12.2. The van der Waals surface area contributed by atoms with Crippen LogP contribution < -0.4 is 0 Å². The Hall–Kier alpha value is -0.940. The zero-order chi connectivity index (χ0) is 24.8. The van der Waals surface area contributed by atoms with Gasteiger partial charge >= 0.3 is 5.97 Å². The molecule has 0 aromatic carbocycles. The van der Waals surface area contributed by atoms with Gasteiger partial charge in [0.1, 0.15) is 6.29 Å². The Morgan fingerprint density at radius 3 is 1.83 bits per heavy atom. The van der Waals surface area contributed by atoms with E-state index in [-0.39, 0.29) is 12.6 Å². The fourth-order valence-corrected chi connectivity index (χ4v) is 7.76. The number of aliphatic hydroxyl groups is 1. The van der Waals surface area contributed by atoms with Crippen molar-refractivity contribution in [2.45, 2.75) is 122 Å². The molecule has 0 atom stereocenters. The van der Waals surface area contributed by atoms with Gasteiger partial charge in [-0.05, 0) is 100 Å². The molecule has 4 saturated carbocycles. The van der Waals surface area contributed by atoms with Gasteiger partial charge in [0.05, 0.1) is 19.6 Å². The minimum absolute atomic E-state index is 0.0666. The number of hydrogen-bond donors (Lipinski definition) is 1. The van der Waals surface area contributed by atoms with E-state index in [1.807, 2.05) is 0 Å². The Balaban J connectivity index is 1.13. The van der Waals surface area contributed by atoms with Gasteiger partial charge in [-0.15, -0.1) is 0 Å². The van der Waals surface area contributed by atoms with Crippen LogP contribution in [-0.2, 0) is 14.3 Å². The van der Waals surface area contributed by atoms with Gasteiger partial charge in [0, 0.05) is 13.0 Å². The van der Waals surface area contributed by atoms with Crippen LogP contribution in [0.2, 0.25) is 0 Å². The number of unbranched alkanes of at least 4 members (excludes halogenated alkanes) is 10. The maximum atomic E-state index is 12.5. The summed E-state index contributed by atoms with van der Waals surface area (Å²) in [4.78, 5) is 25.3. The van der Waals surface area contributed by atoms with Crippen molar-refractivity contribution in [1.82, 2.24) is 4.90 Å². The molecule has 0 aromatic rings. The first-order valence-electron chi connectivity index (χ1n) is 15.0. The number of nitrogens with zero attached hydrogens (tertiary/aromatic N) is 1. The molecule has 0 aromatic heterocycles. The Kier molecular flexibility index (Phi) is 13.1. The number of aldehydes is 1. The van der Waals surface area contributed by atoms with E-state index in [2.05, 4.69) is 4.90 Å². The summed E-state index contributed by atoms with van der Waals surface area (Å²) in [5.74, 6) is 2.76. The quantitative estimate of drug-likeness (QED) is 0.116. The molecule has 4 bridgehead atoms. The van der Waals surface area contributed by atoms with Crippen molar-refractivity contribution in [3.05, 3.63) is 0 Å². The molecule has 1 N–H and O–H groups in total. The largest absolute Gasteiger partial charge is 0.466 e. The van der Waals surface area contributed by atoms with Crippen LogP contribution in [0.5, 0.6) is 0 Å². The SMILES string of the molecule is O=CCCCCCCCN(CCO)CCCCCCCCOC(=O)CC12CC3CC(CC(C3)C1)C2. The van der Waals surface area contributed by atoms with Gasteiger partial charge in [0.2, 0.25) is 0 Å². The molecule has 0 unspecified atom stereocenters. The van der Waals surface area contributed by atoms with Crippen LogP contribution in [0.4, 0.5) is 0 Å². The van der Waals surface area contributed by atoms with E-state index in [0.717, 1.165) is 69.4 Å². The van der Waals surface area contributed by atoms with E-state index in [1.54, 1.807) is 0 Å². The molecular weight excluding hydrogens is 438 g/mol. The summed E-state index contributed by atoms with van der Waals surface area (Å²) in [6.07, 6.45) is 23.3. The minimum Gasteiger partial charge on any atom is -0.466 e. The molecule has 4 fully saturated rings. The average Bonchev–Trinajstić information content (AvgIpc) is 2.81. The van der Waals surface area contributed by atoms with E-state index in [1.165, 1.54) is 83.5 Å². The number of ether oxygens (including phenoxy) is 1. The molecule has 5 nitrogen and oxygen atoms in total. The summed E-state index contributed by atoms with van der Waals surface area (Å²) in [6, 6.07) is 0. The second kappa shape index (κ2) is 16.0. The predicted molar refractivity (Wildman–Crippen MR) is 141 cm³/mol. The van der Waals surface area contributed by atoms with Crippen molar-refractivity contribution in [3.63, 3.8) is 0 Å². The van der Waals surface area contributed by atoms with Crippen molar-refractivity contribution in [2.75, 3.05) is 32.8 Å². The van der Waals surface area contributed by atoms with E-state index >= 15 is 0 Å². The highest BCUT2D eigenvalue weighted by atomic mass is 16.5. The summed E-state index contributed by atoms with van der Waals surface area (Å²) in [5.41, 5.74) is 0.298. The molecule has 0 radical (unpaired) electrons. The Bertz CT molecular complexity index is 572. The molecule has 4 rings (SSSR count). The fourth-order valence-electron chi connectivity index (χ4n) is 7.76. The van der Waals surface area contributed by atoms with Crippen LogP contribution in [0.1, 0.15) is 122 Å². The number of carbonyl (C=O) groups is 2. The fraction of sp³-hybridized carbons (Fsp3) is 0.933. The van der Waals surface area contributed by atoms with Crippen LogP contribution in [0.3, 0.4) is 0 Å². The predicted octanol–water partition coefficient (Wildman–Crippen LogP) is 6.31. The molecule has 4 aliphatic rings. The van der Waals surface area contributed by atoms with Crippen LogP contribution in [-0.4, -0.2) is 55.1 Å². The van der Waals surface area contributed by atoms with Crippen LogP contribution in [0.25, 0.3) is 0 Å². The number of esters is 1. The molecule has 4 aliphatic carbocycles. The lowest BCUT2D eigenvalue weighted by Gasteiger charge is -2.56. The lowest BCUT2D eigenvalue weighted by molar-refractivity contribution is -0.152. The van der Waals surface area contributed by atoms with Crippen molar-refractivity contribution >= 4 is 12.3 Å². The first-order valence-corrected chi connectivity index (χ1v) is 15.0. The monoisotopic (exact) mass is 491 g/mol. The summed E-state index contributed by atoms with van der Waals surface area (Å²) in [5, 5.41) is 9.34. The molecule has 5 heteroatoms. The molecule has 0 spiro atoms. The van der Waals surface area contributed by atoms with E-state index in [0.29, 0.717) is 24.9 Å². The summed E-state index contributed by atoms with van der Waals surface area (Å²) in [6.45, 7) is 3.77. The topological polar surface area (TPSA) is 66.8 Å². The van der Waals surface area contributed by atoms with Crippen LogP contribution in [0.15, 0.2) is 0 Å². The first kappa shape index (κ1) is 28.6. The summed E-state index contributed by atoms with van der Waals surface area (Å²) < 4.78 is 5.66. The van der Waals surface area contributed by atoms with Gasteiger partial charge < -0.3 is 19.5 Å². The van der Waals surface area contributed by atoms with Crippen LogP contribution >= 0.6 is 0 Å². The number of hydrogen-bond acceptors (Lipinski definition) is 5. The van der Waals surface area contributed by atoms with Crippen LogP contribution in [0, 0.1) is 23.2 Å². The van der Waals surface area contributed by atoms with Crippen molar-refractivity contribution in [3.8, 4) is 0 Å². The van der Waals surface area contributed by atoms with E-state index < -0.39 is 0 Å². The molecular formula is C30H53NO4. The van der Waals surface area contributed by atoms with Gasteiger partial charge in [-0.25, -0.2) is 0 Å². The van der Waals surface area contributed by atoms with Crippen molar-refractivity contribution in [1.29, 1.82) is 0 Å². The van der Waals surface area contributed by atoms with Gasteiger partial charge in [-0.2, -0.15) is 0 Å². The van der Waals surface area contributed by atoms with Gasteiger partial charge in [-0.1, -0.05) is 44.9 Å². The van der Waals surface area contributed by atoms with Gasteiger partial charge in [-0.3, -0.25) is 4.79 Å². The second-order valence-electron chi connectivity index (χ2n) is 12.2. The highest BCUT2D eigenvalue weighted by molar-refractivity contribution is 5.70. The standard InChI is InChI=1S/C30H53NO4/c32-16-11-7-3-1-5-9-13-31(15-17-33)14-10-6-2-4-8-12-18-35-29(34)25-30-22-26-19-27(23-30)21-28(20-26)24-30/h16,26-28,33H,1-15,17-25H2. The van der Waals surface area contributed by atoms with Gasteiger partial charge in [0.15, 0.2) is 0 Å². The highest BCUT2D eigenvalue weighted by Gasteiger charge is 2.51. The molecule has 0 aliphatic heterocycles. The number of carbonyl (C=O) groups excluding carboxylic acids is 2. The van der Waals surface area contributed by atoms with Gasteiger partial charge in [0.25, 0.3) is 0 Å². The zero-order valence-electron chi connectivity index (χ0n) is 22.4. The first-order chi connectivity index (χ1) is 17.1. The van der Waals surface area contributed by atoms with Crippen molar-refractivity contribution < 1.29 is 19.4 Å². The Morgan fingerprint density at radius 2 is 1.29 bits per heavy atom. The zero-order valence-corrected chi connectivity index (χ0v) is 22.4. The minimum atomic E-state index is 0.0666. The maximum absolute atomic E-state index is 12.5. The third kappa shape index (κ3) is 10.5. The Labute approximate surface area is 214 Å². The summed E-state index contributed by atoms with van der Waals surface area (Å²) >= 11 is 0. The number of aliphatic hydroxyl groups excluding tert-OH is 1. The highest BCUT2D eigenvalue weighted by Crippen LogP contribution is 2.61. The normalized spacial score (nSPS) is 27.0. The van der Waals surface area contributed by atoms with E-state index in [4.69, 9.17) is 4.74 Å². The smallest absolute Gasteiger partial charge is 0.306 e. The number of rotatable bonds is 21. The molecule has 0 heterocycles. The Morgan fingerprint density at radius 1 is 0.771 bits per heavy atom. The maximum Gasteiger partial charge on any atom is 0.306 e. The molecule has 35 heavy (non-hydrogen) atoms. The third-order valence-electron chi connectivity index (χ3n) is 9.03. The average molecular weight is 492 g/mol.